The number of amides is 1. The number of thiophene rings is 1. The highest BCUT2D eigenvalue weighted by molar-refractivity contribution is 7.14. The van der Waals surface area contributed by atoms with E-state index < -0.39 is 0 Å². The fourth-order valence-corrected chi connectivity index (χ4v) is 2.79. The van der Waals surface area contributed by atoms with Crippen molar-refractivity contribution in [2.75, 3.05) is 18.8 Å². The minimum atomic E-state index is 0.0732. The van der Waals surface area contributed by atoms with Crippen LogP contribution in [0.1, 0.15) is 56.0 Å². The van der Waals surface area contributed by atoms with Crippen molar-refractivity contribution < 1.29 is 4.79 Å². The van der Waals surface area contributed by atoms with Crippen molar-refractivity contribution in [3.63, 3.8) is 0 Å². The zero-order valence-corrected chi connectivity index (χ0v) is 11.9. The molecule has 0 radical (unpaired) electrons. The summed E-state index contributed by atoms with van der Waals surface area (Å²) in [6.45, 7) is 9.71. The fraction of sp³-hybridized carbons (Fsp3) is 0.615. The molecule has 0 aliphatic heterocycles. The summed E-state index contributed by atoms with van der Waals surface area (Å²) in [6.07, 6.45) is 1.02. The van der Waals surface area contributed by atoms with Crippen LogP contribution in [0.4, 0.5) is 5.00 Å². The van der Waals surface area contributed by atoms with E-state index in [4.69, 9.17) is 5.73 Å². The van der Waals surface area contributed by atoms with Gasteiger partial charge in [0.05, 0.1) is 10.6 Å². The van der Waals surface area contributed by atoms with Crippen LogP contribution >= 0.6 is 11.3 Å². The van der Waals surface area contributed by atoms with Crippen LogP contribution in [-0.2, 0) is 0 Å². The molecule has 0 saturated carbocycles. The molecule has 1 heterocycles. The van der Waals surface area contributed by atoms with E-state index in [0.29, 0.717) is 10.9 Å². The third-order valence-corrected chi connectivity index (χ3v) is 4.09. The molecule has 1 aromatic heterocycles. The monoisotopic (exact) mass is 254 g/mol. The number of nitrogens with two attached hydrogens (primary N) is 1. The molecular weight excluding hydrogens is 232 g/mol. The zero-order valence-electron chi connectivity index (χ0n) is 11.1. The van der Waals surface area contributed by atoms with Gasteiger partial charge in [0, 0.05) is 13.1 Å². The molecule has 17 heavy (non-hydrogen) atoms. The largest absolute Gasteiger partial charge is 0.390 e. The normalized spacial score (nSPS) is 12.5. The minimum Gasteiger partial charge on any atom is -0.390 e. The SMILES string of the molecule is CCC(C)c1csc(N)c1C(=O)N(CC)CC. The zero-order chi connectivity index (χ0) is 13.0. The van der Waals surface area contributed by atoms with Crippen LogP contribution in [-0.4, -0.2) is 23.9 Å². The molecule has 1 amide bonds. The van der Waals surface area contributed by atoms with Crippen LogP contribution in [0.25, 0.3) is 0 Å². The lowest BCUT2D eigenvalue weighted by Crippen LogP contribution is -2.31. The summed E-state index contributed by atoms with van der Waals surface area (Å²) < 4.78 is 0. The predicted octanol–water partition coefficient (Wildman–Crippen LogP) is 3.33. The van der Waals surface area contributed by atoms with Crippen molar-refractivity contribution in [2.24, 2.45) is 0 Å². The minimum absolute atomic E-state index is 0.0732. The molecule has 1 rings (SSSR count). The summed E-state index contributed by atoms with van der Waals surface area (Å²) in [5.74, 6) is 0.460. The van der Waals surface area contributed by atoms with Crippen molar-refractivity contribution in [1.29, 1.82) is 0 Å². The molecule has 3 nitrogen and oxygen atoms in total. The first-order valence-corrected chi connectivity index (χ1v) is 7.10. The summed E-state index contributed by atoms with van der Waals surface area (Å²) in [5.41, 5.74) is 7.79. The predicted molar refractivity (Wildman–Crippen MR) is 74.7 cm³/mol. The number of nitrogens with zero attached hydrogens (tertiary/aromatic N) is 1. The van der Waals surface area contributed by atoms with Gasteiger partial charge in [0.25, 0.3) is 5.91 Å². The maximum absolute atomic E-state index is 12.4. The third-order valence-electron chi connectivity index (χ3n) is 3.26. The van der Waals surface area contributed by atoms with Gasteiger partial charge >= 0.3 is 0 Å². The topological polar surface area (TPSA) is 46.3 Å². The summed E-state index contributed by atoms with van der Waals surface area (Å²) in [4.78, 5) is 14.2. The molecule has 2 N–H and O–H groups in total. The van der Waals surface area contributed by atoms with Gasteiger partial charge in [-0.1, -0.05) is 13.8 Å². The van der Waals surface area contributed by atoms with Gasteiger partial charge in [0.2, 0.25) is 0 Å². The van der Waals surface area contributed by atoms with Crippen LogP contribution < -0.4 is 5.73 Å². The van der Waals surface area contributed by atoms with Crippen molar-refractivity contribution in [3.8, 4) is 0 Å². The Morgan fingerprint density at radius 3 is 2.47 bits per heavy atom. The standard InChI is InChI=1S/C13H22N2OS/c1-5-9(4)10-8-17-12(14)11(10)13(16)15(6-2)7-3/h8-9H,5-7,14H2,1-4H3. The molecule has 1 unspecified atom stereocenters. The number of nitrogen functional groups attached to an aromatic ring is 1. The molecule has 0 fully saturated rings. The van der Waals surface area contributed by atoms with Gasteiger partial charge in [0.15, 0.2) is 0 Å². The average molecular weight is 254 g/mol. The highest BCUT2D eigenvalue weighted by Gasteiger charge is 2.23. The number of hydrogen-bond acceptors (Lipinski definition) is 3. The molecule has 0 aliphatic carbocycles. The molecular formula is C13H22N2OS. The summed E-state index contributed by atoms with van der Waals surface area (Å²) in [5, 5.41) is 2.68. The van der Waals surface area contributed by atoms with Crippen molar-refractivity contribution in [3.05, 3.63) is 16.5 Å². The molecule has 0 aliphatic rings. The molecule has 0 spiro atoms. The van der Waals surface area contributed by atoms with Gasteiger partial charge < -0.3 is 10.6 Å². The second kappa shape index (κ2) is 6.05. The van der Waals surface area contributed by atoms with Crippen LogP contribution in [0.3, 0.4) is 0 Å². The van der Waals surface area contributed by atoms with Crippen molar-refractivity contribution in [2.45, 2.75) is 40.0 Å². The molecule has 0 bridgehead atoms. The van der Waals surface area contributed by atoms with Crippen molar-refractivity contribution >= 4 is 22.2 Å². The Morgan fingerprint density at radius 2 is 2.00 bits per heavy atom. The molecule has 0 aromatic carbocycles. The lowest BCUT2D eigenvalue weighted by atomic mass is 9.96. The first-order chi connectivity index (χ1) is 8.06. The van der Waals surface area contributed by atoms with Crippen LogP contribution in [0, 0.1) is 0 Å². The second-order valence-corrected chi connectivity index (χ2v) is 5.13. The number of hydrogen-bond donors (Lipinski definition) is 1. The Hall–Kier alpha value is -1.03. The van der Waals surface area contributed by atoms with E-state index >= 15 is 0 Å². The van der Waals surface area contributed by atoms with E-state index in [9.17, 15) is 4.79 Å². The van der Waals surface area contributed by atoms with Gasteiger partial charge in [-0.3, -0.25) is 4.79 Å². The van der Waals surface area contributed by atoms with Crippen LogP contribution in [0.5, 0.6) is 0 Å². The first-order valence-electron chi connectivity index (χ1n) is 6.22. The van der Waals surface area contributed by atoms with Gasteiger partial charge in [0.1, 0.15) is 0 Å². The van der Waals surface area contributed by atoms with E-state index in [0.717, 1.165) is 30.6 Å². The third kappa shape index (κ3) is 2.80. The summed E-state index contributed by atoms with van der Waals surface area (Å²) in [7, 11) is 0. The number of carbonyl (C=O) groups is 1. The first kappa shape index (κ1) is 14.0. The fourth-order valence-electron chi connectivity index (χ4n) is 1.87. The van der Waals surface area contributed by atoms with Gasteiger partial charge in [-0.2, -0.15) is 0 Å². The Balaban J connectivity index is 3.11. The number of anilines is 1. The molecule has 1 atom stereocenters. The van der Waals surface area contributed by atoms with Crippen LogP contribution in [0.15, 0.2) is 5.38 Å². The maximum Gasteiger partial charge on any atom is 0.257 e. The second-order valence-electron chi connectivity index (χ2n) is 4.22. The van der Waals surface area contributed by atoms with E-state index in [-0.39, 0.29) is 5.91 Å². The van der Waals surface area contributed by atoms with E-state index in [1.807, 2.05) is 24.1 Å². The van der Waals surface area contributed by atoms with Gasteiger partial charge in [-0.25, -0.2) is 0 Å². The Kier molecular flexibility index (Phi) is 5.00. The lowest BCUT2D eigenvalue weighted by molar-refractivity contribution is 0.0773. The quantitative estimate of drug-likeness (QED) is 0.876. The van der Waals surface area contributed by atoms with Crippen molar-refractivity contribution in [1.82, 2.24) is 4.90 Å². The summed E-state index contributed by atoms with van der Waals surface area (Å²) >= 11 is 1.47. The smallest absolute Gasteiger partial charge is 0.257 e. The molecule has 4 heteroatoms. The van der Waals surface area contributed by atoms with E-state index in [2.05, 4.69) is 13.8 Å². The Morgan fingerprint density at radius 1 is 1.41 bits per heavy atom. The molecule has 96 valence electrons. The van der Waals surface area contributed by atoms with E-state index in [1.165, 1.54) is 11.3 Å². The highest BCUT2D eigenvalue weighted by Crippen LogP contribution is 2.33. The summed E-state index contributed by atoms with van der Waals surface area (Å²) in [6, 6.07) is 0. The number of rotatable bonds is 5. The van der Waals surface area contributed by atoms with Gasteiger partial charge in [-0.15, -0.1) is 11.3 Å². The Labute approximate surface area is 108 Å². The lowest BCUT2D eigenvalue weighted by Gasteiger charge is -2.20. The molecule has 1 aromatic rings. The maximum atomic E-state index is 12.4. The van der Waals surface area contributed by atoms with Gasteiger partial charge in [-0.05, 0) is 37.1 Å². The number of carbonyl (C=O) groups excluding carboxylic acids is 1. The Bertz CT molecular complexity index is 383. The molecule has 0 saturated heterocycles. The van der Waals surface area contributed by atoms with Crippen LogP contribution in [0.2, 0.25) is 0 Å². The highest BCUT2D eigenvalue weighted by atomic mass is 32.1. The van der Waals surface area contributed by atoms with E-state index in [1.54, 1.807) is 0 Å². The average Bonchev–Trinajstić information content (AvgIpc) is 2.71.